The Morgan fingerprint density at radius 2 is 2.08 bits per heavy atom. The molecule has 1 amide bonds. The number of nitrogens with one attached hydrogen (secondary N) is 1. The molecule has 2 aromatic heterocycles. The van der Waals surface area contributed by atoms with Crippen molar-refractivity contribution in [2.75, 3.05) is 13.2 Å². The number of halogens is 1. The van der Waals surface area contributed by atoms with Crippen LogP contribution in [0.4, 0.5) is 4.39 Å². The summed E-state index contributed by atoms with van der Waals surface area (Å²) in [5, 5.41) is 5.38. The molecule has 2 heterocycles. The van der Waals surface area contributed by atoms with E-state index in [0.717, 1.165) is 10.8 Å². The molecule has 130 valence electrons. The lowest BCUT2D eigenvalue weighted by molar-refractivity contribution is -0.120. The maximum Gasteiger partial charge on any atom is 0.226 e. The number of hydrogen-bond donors (Lipinski definition) is 1. The van der Waals surface area contributed by atoms with Crippen molar-refractivity contribution >= 4 is 17.2 Å². The van der Waals surface area contributed by atoms with Crippen LogP contribution in [0.5, 0.6) is 5.75 Å². The van der Waals surface area contributed by atoms with Crippen LogP contribution in [0.3, 0.4) is 0 Å². The van der Waals surface area contributed by atoms with E-state index in [2.05, 4.69) is 10.3 Å². The Balaban J connectivity index is 1.42. The van der Waals surface area contributed by atoms with Crippen molar-refractivity contribution in [3.05, 3.63) is 59.0 Å². The summed E-state index contributed by atoms with van der Waals surface area (Å²) in [6, 6.07) is 9.49. The number of furan rings is 1. The molecule has 0 atom stereocenters. The van der Waals surface area contributed by atoms with Gasteiger partial charge in [0.25, 0.3) is 0 Å². The second kappa shape index (κ2) is 7.94. The lowest BCUT2D eigenvalue weighted by atomic mass is 10.3. The van der Waals surface area contributed by atoms with Crippen LogP contribution in [-0.4, -0.2) is 24.0 Å². The minimum Gasteiger partial charge on any atom is -0.492 e. The monoisotopic (exact) mass is 360 g/mol. The largest absolute Gasteiger partial charge is 0.492 e. The van der Waals surface area contributed by atoms with E-state index in [1.165, 1.54) is 23.5 Å². The van der Waals surface area contributed by atoms with Crippen LogP contribution in [0.15, 0.2) is 46.2 Å². The van der Waals surface area contributed by atoms with Crippen LogP contribution < -0.4 is 10.1 Å². The molecule has 5 nitrogen and oxygen atoms in total. The third kappa shape index (κ3) is 4.90. The maximum absolute atomic E-state index is 12.8. The highest BCUT2D eigenvalue weighted by Crippen LogP contribution is 2.25. The van der Waals surface area contributed by atoms with Crippen molar-refractivity contribution in [3.8, 4) is 16.5 Å². The first-order valence-electron chi connectivity index (χ1n) is 7.76. The molecule has 0 aliphatic rings. The molecule has 0 saturated heterocycles. The third-order valence-corrected chi connectivity index (χ3v) is 4.26. The molecule has 3 rings (SSSR count). The van der Waals surface area contributed by atoms with E-state index in [1.54, 1.807) is 12.1 Å². The Morgan fingerprint density at radius 1 is 1.28 bits per heavy atom. The van der Waals surface area contributed by atoms with Gasteiger partial charge in [-0.15, -0.1) is 11.3 Å². The highest BCUT2D eigenvalue weighted by Gasteiger charge is 2.11. The smallest absolute Gasteiger partial charge is 0.226 e. The number of carbonyl (C=O) groups is 1. The molecular formula is C18H17FN2O3S. The van der Waals surface area contributed by atoms with E-state index in [1.807, 2.05) is 24.4 Å². The SMILES string of the molecule is Cc1ccc(-c2nc(CC(=O)NCCOc3ccc(F)cc3)cs2)o1. The summed E-state index contributed by atoms with van der Waals surface area (Å²) in [6.07, 6.45) is 0.201. The molecule has 0 fully saturated rings. The van der Waals surface area contributed by atoms with Crippen LogP contribution in [0.2, 0.25) is 0 Å². The molecule has 0 aliphatic carbocycles. The highest BCUT2D eigenvalue weighted by atomic mass is 32.1. The van der Waals surface area contributed by atoms with E-state index in [4.69, 9.17) is 9.15 Å². The number of aryl methyl sites for hydroxylation is 1. The van der Waals surface area contributed by atoms with Gasteiger partial charge in [0.1, 0.15) is 23.9 Å². The van der Waals surface area contributed by atoms with Gasteiger partial charge in [-0.05, 0) is 43.3 Å². The number of hydrogen-bond acceptors (Lipinski definition) is 5. The number of nitrogens with zero attached hydrogens (tertiary/aromatic N) is 1. The lowest BCUT2D eigenvalue weighted by Gasteiger charge is -2.07. The van der Waals surface area contributed by atoms with Crippen molar-refractivity contribution in [2.24, 2.45) is 0 Å². The number of thiazole rings is 1. The highest BCUT2D eigenvalue weighted by molar-refractivity contribution is 7.13. The fourth-order valence-electron chi connectivity index (χ4n) is 2.17. The van der Waals surface area contributed by atoms with Gasteiger partial charge in [0.15, 0.2) is 10.8 Å². The Labute approximate surface area is 148 Å². The molecular weight excluding hydrogens is 343 g/mol. The topological polar surface area (TPSA) is 64.4 Å². The van der Waals surface area contributed by atoms with Crippen LogP contribution in [0.25, 0.3) is 10.8 Å². The number of aromatic nitrogens is 1. The summed E-state index contributed by atoms with van der Waals surface area (Å²) >= 11 is 1.44. The van der Waals surface area contributed by atoms with Crippen molar-refractivity contribution in [3.63, 3.8) is 0 Å². The number of benzene rings is 1. The number of ether oxygens (including phenoxy) is 1. The van der Waals surface area contributed by atoms with Gasteiger partial charge in [0.05, 0.1) is 18.7 Å². The van der Waals surface area contributed by atoms with Crippen molar-refractivity contribution in [2.45, 2.75) is 13.3 Å². The van der Waals surface area contributed by atoms with E-state index in [0.29, 0.717) is 30.4 Å². The number of rotatable bonds is 7. The first-order chi connectivity index (χ1) is 12.1. The van der Waals surface area contributed by atoms with Gasteiger partial charge in [-0.1, -0.05) is 0 Å². The van der Waals surface area contributed by atoms with E-state index in [-0.39, 0.29) is 18.1 Å². The molecule has 7 heteroatoms. The maximum atomic E-state index is 12.8. The standard InChI is InChI=1S/C18H17FN2O3S/c1-12-2-7-16(24-12)18-21-14(11-25-18)10-17(22)20-8-9-23-15-5-3-13(19)4-6-15/h2-7,11H,8-10H2,1H3,(H,20,22). The molecule has 0 bridgehead atoms. The molecule has 0 aliphatic heterocycles. The van der Waals surface area contributed by atoms with Gasteiger partial charge in [-0.2, -0.15) is 0 Å². The zero-order chi connectivity index (χ0) is 17.6. The molecule has 1 aromatic carbocycles. The first-order valence-corrected chi connectivity index (χ1v) is 8.64. The van der Waals surface area contributed by atoms with E-state index >= 15 is 0 Å². The summed E-state index contributed by atoms with van der Waals surface area (Å²) in [5.41, 5.74) is 0.700. The minimum absolute atomic E-state index is 0.129. The quantitative estimate of drug-likeness (QED) is 0.654. The van der Waals surface area contributed by atoms with Crippen molar-refractivity contribution < 1.29 is 18.3 Å². The average Bonchev–Trinajstić information content (AvgIpc) is 3.22. The van der Waals surface area contributed by atoms with Gasteiger partial charge in [0.2, 0.25) is 5.91 Å². The molecule has 25 heavy (non-hydrogen) atoms. The zero-order valence-electron chi connectivity index (χ0n) is 13.6. The summed E-state index contributed by atoms with van der Waals surface area (Å²) in [7, 11) is 0. The molecule has 1 N–H and O–H groups in total. The van der Waals surface area contributed by atoms with Gasteiger partial charge in [-0.25, -0.2) is 9.37 Å². The molecule has 0 unspecified atom stereocenters. The molecule has 0 saturated carbocycles. The lowest BCUT2D eigenvalue weighted by Crippen LogP contribution is -2.29. The van der Waals surface area contributed by atoms with Crippen LogP contribution in [0, 0.1) is 12.7 Å². The fourth-order valence-corrected chi connectivity index (χ4v) is 2.95. The zero-order valence-corrected chi connectivity index (χ0v) is 14.4. The van der Waals surface area contributed by atoms with E-state index < -0.39 is 0 Å². The number of carbonyl (C=O) groups excluding carboxylic acids is 1. The van der Waals surface area contributed by atoms with Gasteiger partial charge < -0.3 is 14.5 Å². The van der Waals surface area contributed by atoms with Crippen LogP contribution >= 0.6 is 11.3 Å². The van der Waals surface area contributed by atoms with Crippen LogP contribution in [-0.2, 0) is 11.2 Å². The van der Waals surface area contributed by atoms with Gasteiger partial charge in [0, 0.05) is 5.38 Å². The Kier molecular flexibility index (Phi) is 5.45. The predicted octanol–water partition coefficient (Wildman–Crippen LogP) is 3.59. The third-order valence-electron chi connectivity index (χ3n) is 3.35. The fraction of sp³-hybridized carbons (Fsp3) is 0.222. The molecule has 0 radical (unpaired) electrons. The second-order valence-corrected chi connectivity index (χ2v) is 6.24. The summed E-state index contributed by atoms with van der Waals surface area (Å²) in [5.74, 6) is 1.66. The Hall–Kier alpha value is -2.67. The van der Waals surface area contributed by atoms with Crippen molar-refractivity contribution in [1.82, 2.24) is 10.3 Å². The summed E-state index contributed by atoms with van der Waals surface area (Å²) in [6.45, 7) is 2.55. The van der Waals surface area contributed by atoms with E-state index in [9.17, 15) is 9.18 Å². The summed E-state index contributed by atoms with van der Waals surface area (Å²) < 4.78 is 23.7. The average molecular weight is 360 g/mol. The summed E-state index contributed by atoms with van der Waals surface area (Å²) in [4.78, 5) is 16.4. The van der Waals surface area contributed by atoms with Gasteiger partial charge >= 0.3 is 0 Å². The normalized spacial score (nSPS) is 10.6. The molecule has 3 aromatic rings. The second-order valence-electron chi connectivity index (χ2n) is 5.38. The van der Waals surface area contributed by atoms with Gasteiger partial charge in [-0.3, -0.25) is 4.79 Å². The Bertz CT molecular complexity index is 842. The minimum atomic E-state index is -0.312. The predicted molar refractivity (Wildman–Crippen MR) is 93.2 cm³/mol. The van der Waals surface area contributed by atoms with Crippen LogP contribution in [0.1, 0.15) is 11.5 Å². The Morgan fingerprint density at radius 3 is 2.80 bits per heavy atom. The first kappa shape index (κ1) is 17.2. The van der Waals surface area contributed by atoms with Crippen molar-refractivity contribution in [1.29, 1.82) is 0 Å². The number of amides is 1. The molecule has 0 spiro atoms.